The van der Waals surface area contributed by atoms with Crippen molar-refractivity contribution in [2.24, 2.45) is 0 Å². The van der Waals surface area contributed by atoms with Gasteiger partial charge in [-0.1, -0.05) is 84.9 Å². The van der Waals surface area contributed by atoms with Crippen molar-refractivity contribution in [2.75, 3.05) is 51.1 Å². The van der Waals surface area contributed by atoms with Crippen molar-refractivity contribution in [1.82, 2.24) is 44.5 Å². The normalized spacial score (nSPS) is 12.3. The Labute approximate surface area is 468 Å². The van der Waals surface area contributed by atoms with Crippen LogP contribution in [0.3, 0.4) is 0 Å². The molecule has 4 aromatic heterocycles. The van der Waals surface area contributed by atoms with Gasteiger partial charge in [0, 0.05) is 149 Å². The number of rotatable bonds is 25. The quantitative estimate of drug-likeness (QED) is 0.0403. The number of carbonyl (C=O) groups is 1. The maximum absolute atomic E-state index is 14.9. The second-order valence-electron chi connectivity index (χ2n) is 19.9. The molecule has 80 heavy (non-hydrogen) atoms. The number of hydrogen-bond donors (Lipinski definition) is 4. The van der Waals surface area contributed by atoms with Gasteiger partial charge in [0.15, 0.2) is 0 Å². The number of aromatic nitrogens is 4. The Morgan fingerprint density at radius 2 is 0.887 bits per heavy atom. The molecule has 412 valence electrons. The lowest BCUT2D eigenvalue weighted by Gasteiger charge is -2.26. The smallest absolute Gasteiger partial charge is 0.241 e. The van der Waals surface area contributed by atoms with Gasteiger partial charge in [0.05, 0.1) is 32.6 Å². The highest BCUT2D eigenvalue weighted by Crippen LogP contribution is 2.33. The third-order valence-corrected chi connectivity index (χ3v) is 16.6. The van der Waals surface area contributed by atoms with E-state index >= 15 is 0 Å². The Balaban J connectivity index is 1.08. The van der Waals surface area contributed by atoms with Crippen LogP contribution in [0.1, 0.15) is 39.5 Å². The van der Waals surface area contributed by atoms with Gasteiger partial charge in [-0.15, -0.1) is 0 Å². The Morgan fingerprint density at radius 3 is 1.29 bits per heavy atom. The van der Waals surface area contributed by atoms with Gasteiger partial charge in [-0.2, -0.15) is 4.72 Å². The first-order chi connectivity index (χ1) is 38.6. The Morgan fingerprint density at radius 1 is 0.487 bits per heavy atom. The summed E-state index contributed by atoms with van der Waals surface area (Å²) >= 11 is 0. The van der Waals surface area contributed by atoms with E-state index in [4.69, 9.17) is 0 Å². The van der Waals surface area contributed by atoms with Gasteiger partial charge in [-0.05, 0) is 84.8 Å². The largest absolute Gasteiger partial charge is 0.507 e. The molecule has 0 aliphatic heterocycles. The molecule has 0 radical (unpaired) electrons. The van der Waals surface area contributed by atoms with Crippen LogP contribution in [0.2, 0.25) is 0 Å². The first kappa shape index (κ1) is 56.5. The van der Waals surface area contributed by atoms with E-state index in [9.17, 15) is 26.7 Å². The number of carbonyl (C=O) groups excluding carboxylic acids is 1. The van der Waals surface area contributed by atoms with Crippen LogP contribution in [0, 0.1) is 0 Å². The second kappa shape index (κ2) is 25.7. The fraction of sp³-hybridized carbons (Fsp3) is 0.230. The molecule has 19 heteroatoms. The predicted octanol–water partition coefficient (Wildman–Crippen LogP) is 7.80. The van der Waals surface area contributed by atoms with Crippen molar-refractivity contribution in [2.45, 2.75) is 61.5 Å². The average Bonchev–Trinajstić information content (AvgIpc) is 3.51. The minimum absolute atomic E-state index is 0.0248. The van der Waals surface area contributed by atoms with E-state index in [0.717, 1.165) is 39.5 Å². The number of benzene rings is 5. The van der Waals surface area contributed by atoms with Crippen LogP contribution in [-0.2, 0) is 70.5 Å². The lowest BCUT2D eigenvalue weighted by Crippen LogP contribution is -2.49. The molecule has 9 aromatic rings. The van der Waals surface area contributed by atoms with E-state index < -0.39 is 32.0 Å². The highest BCUT2D eigenvalue weighted by molar-refractivity contribution is 7.90. The molecule has 9 rings (SSSR count). The van der Waals surface area contributed by atoms with Gasteiger partial charge in [-0.3, -0.25) is 34.5 Å². The number of fused-ring (bicyclic) bond motifs is 2. The van der Waals surface area contributed by atoms with E-state index in [1.807, 2.05) is 135 Å². The number of anilines is 2. The second-order valence-corrected chi connectivity index (χ2v) is 23.4. The Bertz CT molecular complexity index is 3600. The first-order valence-electron chi connectivity index (χ1n) is 26.2. The molecule has 0 bridgehead atoms. The molecule has 1 unspecified atom stereocenters. The van der Waals surface area contributed by atoms with Crippen molar-refractivity contribution in [1.29, 1.82) is 0 Å². The van der Waals surface area contributed by atoms with Crippen LogP contribution >= 0.6 is 0 Å². The zero-order valence-corrected chi connectivity index (χ0v) is 46.8. The third kappa shape index (κ3) is 14.2. The number of sulfonamides is 2. The number of hydrogen-bond acceptors (Lipinski definition) is 14. The number of phenols is 1. The lowest BCUT2D eigenvalue weighted by molar-refractivity contribution is -0.122. The molecule has 0 spiro atoms. The van der Waals surface area contributed by atoms with Gasteiger partial charge in [0.2, 0.25) is 26.0 Å². The van der Waals surface area contributed by atoms with Gasteiger partial charge < -0.3 is 20.2 Å². The number of nitrogens with one attached hydrogen (secondary N) is 3. The fourth-order valence-electron chi connectivity index (χ4n) is 9.92. The van der Waals surface area contributed by atoms with E-state index in [1.54, 1.807) is 73.3 Å². The molecular formula is C61H65N11O6S2. The highest BCUT2D eigenvalue weighted by Gasteiger charge is 2.30. The van der Waals surface area contributed by atoms with Gasteiger partial charge >= 0.3 is 0 Å². The molecule has 0 aliphatic carbocycles. The fourth-order valence-corrected chi connectivity index (χ4v) is 12.6. The zero-order chi connectivity index (χ0) is 56.2. The minimum atomic E-state index is -4.46. The SMILES string of the molecule is CN(C)c1cccc2c(S(=O)(=O)NCCNC(=O)C(Cc3cc(CN(Cc4ccccn4)Cc4ccccn4)c(O)c(CN(Cc4ccccn4)Cc4ccccn4)c3)NS(=O)(=O)c3cccc4c(N(C)C)cccc34)cccc12. The van der Waals surface area contributed by atoms with Crippen molar-refractivity contribution in [3.63, 3.8) is 0 Å². The van der Waals surface area contributed by atoms with E-state index in [-0.39, 0.29) is 48.1 Å². The summed E-state index contributed by atoms with van der Waals surface area (Å²) < 4.78 is 63.1. The molecule has 0 fully saturated rings. The van der Waals surface area contributed by atoms with Crippen LogP contribution in [0.5, 0.6) is 5.75 Å². The number of phenolic OH excluding ortho intramolecular Hbond substituents is 1. The van der Waals surface area contributed by atoms with E-state index in [1.165, 1.54) is 12.1 Å². The van der Waals surface area contributed by atoms with E-state index in [0.29, 0.717) is 59.0 Å². The molecule has 5 aromatic carbocycles. The minimum Gasteiger partial charge on any atom is -0.507 e. The van der Waals surface area contributed by atoms with Crippen molar-refractivity contribution >= 4 is 58.9 Å². The Hall–Kier alpha value is -8.17. The summed E-state index contributed by atoms with van der Waals surface area (Å²) in [6.07, 6.45) is 6.75. The van der Waals surface area contributed by atoms with Crippen LogP contribution in [0.15, 0.2) is 192 Å². The van der Waals surface area contributed by atoms with Gasteiger partial charge in [0.1, 0.15) is 11.8 Å². The molecule has 4 heterocycles. The number of aromatic hydroxyl groups is 1. The standard InChI is InChI=1S/C61H65N11O6S2/c1-69(2)56-25-13-23-53-51(56)21-15-27-58(53)79(75,76)67-34-33-66-61(74)55(68-80(77,78)59-28-16-22-52-54(59)24-14-26-57(52)70(3)4)37-44-35-45(38-71(40-47-17-5-9-29-62-47)41-48-18-6-10-30-63-48)60(73)46(36-44)39-72(42-49-19-7-11-31-64-49)43-50-20-8-12-32-65-50/h5-32,35-36,55,67-68,73H,33-34,37-43H2,1-4H3,(H,66,74). The molecule has 1 atom stereocenters. The van der Waals surface area contributed by atoms with Crippen LogP contribution < -0.4 is 24.6 Å². The molecule has 0 aliphatic rings. The van der Waals surface area contributed by atoms with E-state index in [2.05, 4.69) is 44.5 Å². The third-order valence-electron chi connectivity index (χ3n) is 13.6. The molecule has 0 saturated carbocycles. The Kier molecular flexibility index (Phi) is 18.2. The lowest BCUT2D eigenvalue weighted by atomic mass is 9.97. The molecule has 1 amide bonds. The molecule has 17 nitrogen and oxygen atoms in total. The summed E-state index contributed by atoms with van der Waals surface area (Å²) in [6, 6.07) is 46.0. The number of amides is 1. The van der Waals surface area contributed by atoms with Crippen LogP contribution in [0.25, 0.3) is 21.5 Å². The summed E-state index contributed by atoms with van der Waals surface area (Å²) in [7, 11) is -1.01. The number of nitrogens with zero attached hydrogens (tertiary/aromatic N) is 8. The zero-order valence-electron chi connectivity index (χ0n) is 45.1. The van der Waals surface area contributed by atoms with Crippen molar-refractivity contribution < 1.29 is 26.7 Å². The topological polar surface area (TPSA) is 206 Å². The predicted molar refractivity (Wildman–Crippen MR) is 314 cm³/mol. The summed E-state index contributed by atoms with van der Waals surface area (Å²) in [5.74, 6) is -0.670. The summed E-state index contributed by atoms with van der Waals surface area (Å²) in [4.78, 5) is 41.4. The summed E-state index contributed by atoms with van der Waals surface area (Å²) in [6.45, 7) is 1.63. The van der Waals surface area contributed by atoms with Gasteiger partial charge in [-0.25, -0.2) is 21.6 Å². The molecule has 4 N–H and O–H groups in total. The maximum atomic E-state index is 14.9. The van der Waals surface area contributed by atoms with Crippen molar-refractivity contribution in [3.05, 3.63) is 222 Å². The average molecular weight is 1110 g/mol. The van der Waals surface area contributed by atoms with Crippen molar-refractivity contribution in [3.8, 4) is 5.75 Å². The van der Waals surface area contributed by atoms with Crippen LogP contribution in [0.4, 0.5) is 11.4 Å². The summed E-state index contributed by atoms with van der Waals surface area (Å²) in [5, 5.41) is 17.8. The maximum Gasteiger partial charge on any atom is 0.241 e. The monoisotopic (exact) mass is 1110 g/mol. The van der Waals surface area contributed by atoms with Crippen LogP contribution in [-0.4, -0.2) is 105 Å². The highest BCUT2D eigenvalue weighted by atomic mass is 32.2. The first-order valence-corrected chi connectivity index (χ1v) is 29.1. The van der Waals surface area contributed by atoms with Gasteiger partial charge in [0.25, 0.3) is 0 Å². The molecular weight excluding hydrogens is 1050 g/mol. The summed E-state index contributed by atoms with van der Waals surface area (Å²) in [5.41, 5.74) is 6.44. The molecule has 0 saturated heterocycles. The number of pyridine rings is 4.